The lowest BCUT2D eigenvalue weighted by molar-refractivity contribution is 0.372. The number of methoxy groups -OCH3 is 1. The number of ether oxygens (including phenoxy) is 1. The van der Waals surface area contributed by atoms with Gasteiger partial charge in [-0.25, -0.2) is 18.7 Å². The average molecular weight is 417 g/mol. The fourth-order valence-electron chi connectivity index (χ4n) is 3.96. The number of hydrogen-bond acceptors (Lipinski definition) is 5. The molecule has 2 aromatic carbocycles. The first-order valence-electron chi connectivity index (χ1n) is 9.72. The minimum absolute atomic E-state index is 0.0303. The molecular weight excluding hydrogens is 400 g/mol. The van der Waals surface area contributed by atoms with E-state index < -0.39 is 11.6 Å². The molecule has 0 spiro atoms. The Bertz CT molecular complexity index is 1410. The zero-order valence-electron chi connectivity index (χ0n) is 16.6. The van der Waals surface area contributed by atoms with Crippen molar-refractivity contribution in [3.8, 4) is 35.2 Å². The lowest BCUT2D eigenvalue weighted by Crippen LogP contribution is -2.37. The molecule has 2 aromatic heterocycles. The first-order valence-corrected chi connectivity index (χ1v) is 9.72. The highest BCUT2D eigenvalue weighted by molar-refractivity contribution is 6.04. The van der Waals surface area contributed by atoms with E-state index in [1.54, 1.807) is 12.1 Å². The first kappa shape index (κ1) is 19.1. The van der Waals surface area contributed by atoms with Crippen LogP contribution < -0.4 is 9.64 Å². The van der Waals surface area contributed by atoms with Crippen molar-refractivity contribution in [1.82, 2.24) is 9.97 Å². The molecule has 1 saturated heterocycles. The summed E-state index contributed by atoms with van der Waals surface area (Å²) in [6.07, 6.45) is 8.13. The van der Waals surface area contributed by atoms with Crippen LogP contribution in [0.2, 0.25) is 0 Å². The summed E-state index contributed by atoms with van der Waals surface area (Å²) in [5.41, 5.74) is 0.846. The maximum Gasteiger partial charge on any atom is 0.250 e. The number of phenolic OH excluding ortho intramolecular Hbond substituents is 1. The third-order valence-corrected chi connectivity index (χ3v) is 5.59. The molecule has 5 rings (SSSR count). The predicted molar refractivity (Wildman–Crippen MR) is 115 cm³/mol. The quantitative estimate of drug-likeness (QED) is 0.493. The SMILES string of the molecule is C#Cc1c(F)ccc2cc(O)cc(-c3cc4c(F)c(OC)ncc4c(N4CCC4)n3)c12. The van der Waals surface area contributed by atoms with Crippen LogP contribution in [-0.4, -0.2) is 35.3 Å². The van der Waals surface area contributed by atoms with Crippen molar-refractivity contribution in [1.29, 1.82) is 0 Å². The summed E-state index contributed by atoms with van der Waals surface area (Å²) >= 11 is 0. The lowest BCUT2D eigenvalue weighted by atomic mass is 9.95. The number of fused-ring (bicyclic) bond motifs is 2. The molecule has 31 heavy (non-hydrogen) atoms. The second-order valence-corrected chi connectivity index (χ2v) is 7.37. The van der Waals surface area contributed by atoms with E-state index in [0.717, 1.165) is 19.5 Å². The topological polar surface area (TPSA) is 58.5 Å². The highest BCUT2D eigenvalue weighted by Crippen LogP contribution is 2.39. The van der Waals surface area contributed by atoms with E-state index in [-0.39, 0.29) is 22.6 Å². The average Bonchev–Trinajstić information content (AvgIpc) is 2.72. The van der Waals surface area contributed by atoms with Crippen LogP contribution in [0.3, 0.4) is 0 Å². The third kappa shape index (κ3) is 2.91. The summed E-state index contributed by atoms with van der Waals surface area (Å²) in [5, 5.41) is 12.1. The normalized spacial score (nSPS) is 13.3. The fraction of sp³-hybridized carbons (Fsp3) is 0.167. The van der Waals surface area contributed by atoms with Gasteiger partial charge in [-0.1, -0.05) is 12.0 Å². The molecule has 5 nitrogen and oxygen atoms in total. The number of nitrogens with zero attached hydrogens (tertiary/aromatic N) is 3. The van der Waals surface area contributed by atoms with E-state index in [4.69, 9.17) is 16.1 Å². The van der Waals surface area contributed by atoms with Crippen LogP contribution in [0.15, 0.2) is 36.5 Å². The van der Waals surface area contributed by atoms with Crippen LogP contribution in [-0.2, 0) is 0 Å². The van der Waals surface area contributed by atoms with Crippen molar-refractivity contribution in [3.05, 3.63) is 53.7 Å². The minimum Gasteiger partial charge on any atom is -0.508 e. The van der Waals surface area contributed by atoms with E-state index >= 15 is 4.39 Å². The number of rotatable bonds is 3. The predicted octanol–water partition coefficient (Wildman–Crippen LogP) is 4.63. The molecule has 0 atom stereocenters. The van der Waals surface area contributed by atoms with Gasteiger partial charge in [0.15, 0.2) is 5.82 Å². The summed E-state index contributed by atoms with van der Waals surface area (Å²) in [6.45, 7) is 1.56. The van der Waals surface area contributed by atoms with Gasteiger partial charge >= 0.3 is 0 Å². The molecule has 1 aliphatic rings. The van der Waals surface area contributed by atoms with Gasteiger partial charge in [0, 0.05) is 41.0 Å². The van der Waals surface area contributed by atoms with Crippen molar-refractivity contribution in [2.24, 2.45) is 0 Å². The Kier molecular flexibility index (Phi) is 4.36. The van der Waals surface area contributed by atoms with E-state index in [9.17, 15) is 9.50 Å². The largest absolute Gasteiger partial charge is 0.508 e. The number of terminal acetylenes is 1. The summed E-state index contributed by atoms with van der Waals surface area (Å²) in [7, 11) is 1.35. The molecule has 4 aromatic rings. The van der Waals surface area contributed by atoms with E-state index in [2.05, 4.69) is 10.9 Å². The Hall–Kier alpha value is -3.92. The summed E-state index contributed by atoms with van der Waals surface area (Å²) < 4.78 is 34.7. The molecular formula is C24H17F2N3O2. The van der Waals surface area contributed by atoms with Crippen LogP contribution in [0.5, 0.6) is 11.6 Å². The highest BCUT2D eigenvalue weighted by atomic mass is 19.1. The molecule has 154 valence electrons. The first-order chi connectivity index (χ1) is 15.0. The van der Waals surface area contributed by atoms with Gasteiger partial charge in [0.25, 0.3) is 5.88 Å². The monoisotopic (exact) mass is 417 g/mol. The third-order valence-electron chi connectivity index (χ3n) is 5.59. The minimum atomic E-state index is -0.613. The zero-order chi connectivity index (χ0) is 21.7. The van der Waals surface area contributed by atoms with Crippen molar-refractivity contribution < 1.29 is 18.6 Å². The number of anilines is 1. The van der Waals surface area contributed by atoms with Gasteiger partial charge in [-0.05, 0) is 36.1 Å². The molecule has 0 amide bonds. The van der Waals surface area contributed by atoms with E-state index in [0.29, 0.717) is 33.2 Å². The van der Waals surface area contributed by atoms with E-state index in [1.165, 1.54) is 31.5 Å². The zero-order valence-corrected chi connectivity index (χ0v) is 16.6. The number of hydrogen-bond donors (Lipinski definition) is 1. The number of phenols is 1. The second kappa shape index (κ2) is 7.10. The molecule has 0 saturated carbocycles. The maximum atomic E-state index is 15.2. The summed E-state index contributed by atoms with van der Waals surface area (Å²) in [6, 6.07) is 7.32. The second-order valence-electron chi connectivity index (χ2n) is 7.37. The van der Waals surface area contributed by atoms with Gasteiger partial charge in [-0.2, -0.15) is 0 Å². The van der Waals surface area contributed by atoms with Crippen LogP contribution in [0.4, 0.5) is 14.6 Å². The molecule has 1 aliphatic heterocycles. The van der Waals surface area contributed by atoms with Crippen molar-refractivity contribution in [2.45, 2.75) is 6.42 Å². The van der Waals surface area contributed by atoms with Crippen molar-refractivity contribution in [3.63, 3.8) is 0 Å². The Morgan fingerprint density at radius 1 is 1.16 bits per heavy atom. The summed E-state index contributed by atoms with van der Waals surface area (Å²) in [5.74, 6) is 1.64. The van der Waals surface area contributed by atoms with Crippen LogP contribution >= 0.6 is 0 Å². The molecule has 1 N–H and O–H groups in total. The van der Waals surface area contributed by atoms with Crippen LogP contribution in [0.1, 0.15) is 12.0 Å². The Labute approximate surface area is 176 Å². The number of pyridine rings is 2. The smallest absolute Gasteiger partial charge is 0.250 e. The van der Waals surface area contributed by atoms with Crippen LogP contribution in [0.25, 0.3) is 32.8 Å². The number of aromatic nitrogens is 2. The maximum absolute atomic E-state index is 15.2. The summed E-state index contributed by atoms with van der Waals surface area (Å²) in [4.78, 5) is 10.8. The Morgan fingerprint density at radius 2 is 1.97 bits per heavy atom. The molecule has 0 unspecified atom stereocenters. The highest BCUT2D eigenvalue weighted by Gasteiger charge is 2.24. The van der Waals surface area contributed by atoms with E-state index in [1.807, 2.05) is 4.90 Å². The van der Waals surface area contributed by atoms with Gasteiger partial charge in [0.05, 0.1) is 18.4 Å². The lowest BCUT2D eigenvalue weighted by Gasteiger charge is -2.33. The van der Waals surface area contributed by atoms with Crippen LogP contribution in [0, 0.1) is 24.0 Å². The molecule has 0 bridgehead atoms. The molecule has 1 fully saturated rings. The Balaban J connectivity index is 1.90. The molecule has 7 heteroatoms. The number of aromatic hydroxyl groups is 1. The molecule has 0 radical (unpaired) electrons. The van der Waals surface area contributed by atoms with Crippen molar-refractivity contribution in [2.75, 3.05) is 25.1 Å². The van der Waals surface area contributed by atoms with Gasteiger partial charge in [0.2, 0.25) is 0 Å². The van der Waals surface area contributed by atoms with Gasteiger partial charge in [0.1, 0.15) is 17.4 Å². The fourth-order valence-corrected chi connectivity index (χ4v) is 3.96. The Morgan fingerprint density at radius 3 is 2.65 bits per heavy atom. The molecule has 3 heterocycles. The number of halogens is 2. The number of benzene rings is 2. The van der Waals surface area contributed by atoms with Gasteiger partial charge in [-0.15, -0.1) is 6.42 Å². The standard InChI is InChI=1S/C24H17F2N3O2/c1-3-15-19(25)6-5-13-9-14(30)10-17(21(13)15)20-11-16-18(12-27-24(31-2)22(16)26)23(28-20)29-7-4-8-29/h1,5-6,9-12,30H,4,7-8H2,2H3. The van der Waals surface area contributed by atoms with Gasteiger partial charge < -0.3 is 14.7 Å². The van der Waals surface area contributed by atoms with Crippen molar-refractivity contribution >= 4 is 27.4 Å². The molecule has 0 aliphatic carbocycles. The van der Waals surface area contributed by atoms with Gasteiger partial charge in [-0.3, -0.25) is 0 Å².